The van der Waals surface area contributed by atoms with Crippen molar-refractivity contribution in [2.75, 3.05) is 20.1 Å². The van der Waals surface area contributed by atoms with E-state index in [0.29, 0.717) is 0 Å². The predicted molar refractivity (Wildman–Crippen MR) is 69.0 cm³/mol. The minimum atomic E-state index is -1.06. The molecule has 0 radical (unpaired) electrons. The van der Waals surface area contributed by atoms with E-state index < -0.39 is 17.5 Å². The Morgan fingerprint density at radius 1 is 1.32 bits per heavy atom. The standard InChI is InChI=1S/C14H18F2N2O/c1-18(10-4-3-8-17-9-7-10)14(19)11-5-2-6-12(15)13(11)16/h2,5-6,10,17H,3-4,7-9H2,1H3. The Labute approximate surface area is 111 Å². The highest BCUT2D eigenvalue weighted by Gasteiger charge is 2.24. The third kappa shape index (κ3) is 3.10. The fourth-order valence-electron chi connectivity index (χ4n) is 2.41. The molecule has 1 aliphatic heterocycles. The van der Waals surface area contributed by atoms with Gasteiger partial charge in [-0.25, -0.2) is 8.78 Å². The van der Waals surface area contributed by atoms with Gasteiger partial charge in [-0.1, -0.05) is 6.07 Å². The van der Waals surface area contributed by atoms with Crippen LogP contribution in [0.15, 0.2) is 18.2 Å². The molecule has 1 aromatic carbocycles. The number of halogens is 2. The van der Waals surface area contributed by atoms with Gasteiger partial charge in [0.15, 0.2) is 11.6 Å². The molecule has 2 rings (SSSR count). The van der Waals surface area contributed by atoms with Gasteiger partial charge in [-0.2, -0.15) is 0 Å². The number of hydrogen-bond acceptors (Lipinski definition) is 2. The lowest BCUT2D eigenvalue weighted by Crippen LogP contribution is -2.38. The van der Waals surface area contributed by atoms with Crippen molar-refractivity contribution in [3.63, 3.8) is 0 Å². The number of nitrogens with zero attached hydrogens (tertiary/aromatic N) is 1. The van der Waals surface area contributed by atoms with Crippen LogP contribution in [0.4, 0.5) is 8.78 Å². The van der Waals surface area contributed by atoms with Crippen molar-refractivity contribution >= 4 is 5.91 Å². The van der Waals surface area contributed by atoms with E-state index in [2.05, 4.69) is 5.32 Å². The van der Waals surface area contributed by atoms with Gasteiger partial charge in [-0.05, 0) is 44.5 Å². The largest absolute Gasteiger partial charge is 0.339 e. The molecule has 1 amide bonds. The third-order valence-corrected chi connectivity index (χ3v) is 3.60. The van der Waals surface area contributed by atoms with Crippen molar-refractivity contribution in [3.05, 3.63) is 35.4 Å². The molecule has 1 atom stereocenters. The maximum Gasteiger partial charge on any atom is 0.256 e. The van der Waals surface area contributed by atoms with Gasteiger partial charge in [-0.3, -0.25) is 4.79 Å². The maximum absolute atomic E-state index is 13.6. The van der Waals surface area contributed by atoms with E-state index in [-0.39, 0.29) is 11.6 Å². The van der Waals surface area contributed by atoms with Gasteiger partial charge in [0.05, 0.1) is 5.56 Å². The number of amides is 1. The zero-order valence-electron chi connectivity index (χ0n) is 11.0. The van der Waals surface area contributed by atoms with Gasteiger partial charge >= 0.3 is 0 Å². The summed E-state index contributed by atoms with van der Waals surface area (Å²) in [6, 6.07) is 3.77. The summed E-state index contributed by atoms with van der Waals surface area (Å²) in [5.41, 5.74) is -0.195. The second-order valence-corrected chi connectivity index (χ2v) is 4.85. The van der Waals surface area contributed by atoms with Gasteiger partial charge in [0.1, 0.15) is 0 Å². The fourth-order valence-corrected chi connectivity index (χ4v) is 2.41. The Bertz CT molecular complexity index is 457. The first kappa shape index (κ1) is 13.9. The summed E-state index contributed by atoms with van der Waals surface area (Å²) in [5.74, 6) is -2.50. The van der Waals surface area contributed by atoms with E-state index in [1.165, 1.54) is 17.0 Å². The molecule has 0 saturated carbocycles. The second kappa shape index (κ2) is 6.10. The second-order valence-electron chi connectivity index (χ2n) is 4.85. The van der Waals surface area contributed by atoms with Gasteiger partial charge in [-0.15, -0.1) is 0 Å². The first-order valence-corrected chi connectivity index (χ1v) is 6.53. The third-order valence-electron chi connectivity index (χ3n) is 3.60. The molecular weight excluding hydrogens is 250 g/mol. The SMILES string of the molecule is CN(C(=O)c1cccc(F)c1F)C1CCCNCC1. The Morgan fingerprint density at radius 3 is 2.89 bits per heavy atom. The summed E-state index contributed by atoms with van der Waals surface area (Å²) in [7, 11) is 1.66. The van der Waals surface area contributed by atoms with Crippen molar-refractivity contribution in [2.24, 2.45) is 0 Å². The van der Waals surface area contributed by atoms with Crippen LogP contribution >= 0.6 is 0 Å². The monoisotopic (exact) mass is 268 g/mol. The first-order chi connectivity index (χ1) is 9.11. The quantitative estimate of drug-likeness (QED) is 0.891. The topological polar surface area (TPSA) is 32.3 Å². The summed E-state index contributed by atoms with van der Waals surface area (Å²) in [6.07, 6.45) is 2.69. The summed E-state index contributed by atoms with van der Waals surface area (Å²) < 4.78 is 26.8. The molecule has 0 spiro atoms. The molecule has 19 heavy (non-hydrogen) atoms. The molecule has 0 aliphatic carbocycles. The molecule has 1 aromatic rings. The highest BCUT2D eigenvalue weighted by molar-refractivity contribution is 5.94. The number of benzene rings is 1. The number of nitrogens with one attached hydrogen (secondary N) is 1. The Balaban J connectivity index is 2.15. The molecule has 1 fully saturated rings. The van der Waals surface area contributed by atoms with E-state index in [9.17, 15) is 13.6 Å². The van der Waals surface area contributed by atoms with Crippen molar-refractivity contribution in [1.29, 1.82) is 0 Å². The zero-order valence-corrected chi connectivity index (χ0v) is 11.0. The van der Waals surface area contributed by atoms with Crippen LogP contribution in [-0.2, 0) is 0 Å². The van der Waals surface area contributed by atoms with Crippen LogP contribution in [0.25, 0.3) is 0 Å². The Morgan fingerprint density at radius 2 is 2.11 bits per heavy atom. The van der Waals surface area contributed by atoms with Crippen LogP contribution in [-0.4, -0.2) is 37.0 Å². The van der Waals surface area contributed by atoms with E-state index in [0.717, 1.165) is 38.4 Å². The lowest BCUT2D eigenvalue weighted by atomic mass is 10.1. The van der Waals surface area contributed by atoms with Gasteiger partial charge in [0, 0.05) is 13.1 Å². The summed E-state index contributed by atoms with van der Waals surface area (Å²) in [4.78, 5) is 13.8. The summed E-state index contributed by atoms with van der Waals surface area (Å²) in [5, 5.41) is 3.26. The van der Waals surface area contributed by atoms with E-state index in [1.807, 2.05) is 0 Å². The van der Waals surface area contributed by atoms with E-state index in [4.69, 9.17) is 0 Å². The molecule has 0 aromatic heterocycles. The van der Waals surface area contributed by atoms with Crippen LogP contribution < -0.4 is 5.32 Å². The fraction of sp³-hybridized carbons (Fsp3) is 0.500. The van der Waals surface area contributed by atoms with Crippen molar-refractivity contribution in [2.45, 2.75) is 25.3 Å². The lowest BCUT2D eigenvalue weighted by molar-refractivity contribution is 0.0714. The molecule has 1 N–H and O–H groups in total. The van der Waals surface area contributed by atoms with E-state index in [1.54, 1.807) is 7.05 Å². The lowest BCUT2D eigenvalue weighted by Gasteiger charge is -2.27. The smallest absolute Gasteiger partial charge is 0.256 e. The minimum Gasteiger partial charge on any atom is -0.339 e. The molecule has 5 heteroatoms. The van der Waals surface area contributed by atoms with Crippen LogP contribution in [0, 0.1) is 11.6 Å². The van der Waals surface area contributed by atoms with E-state index >= 15 is 0 Å². The average molecular weight is 268 g/mol. The predicted octanol–water partition coefficient (Wildman–Crippen LogP) is 2.18. The van der Waals surface area contributed by atoms with Gasteiger partial charge < -0.3 is 10.2 Å². The maximum atomic E-state index is 13.6. The number of rotatable bonds is 2. The molecule has 104 valence electrons. The molecule has 0 bridgehead atoms. The van der Waals surface area contributed by atoms with Crippen molar-refractivity contribution < 1.29 is 13.6 Å². The average Bonchev–Trinajstić information content (AvgIpc) is 2.69. The van der Waals surface area contributed by atoms with Gasteiger partial charge in [0.2, 0.25) is 0 Å². The Kier molecular flexibility index (Phi) is 4.47. The highest BCUT2D eigenvalue weighted by atomic mass is 19.2. The Hall–Kier alpha value is -1.49. The van der Waals surface area contributed by atoms with Crippen LogP contribution in [0.2, 0.25) is 0 Å². The molecule has 3 nitrogen and oxygen atoms in total. The zero-order chi connectivity index (χ0) is 13.8. The number of carbonyl (C=O) groups is 1. The minimum absolute atomic E-state index is 0.0742. The summed E-state index contributed by atoms with van der Waals surface area (Å²) >= 11 is 0. The highest BCUT2D eigenvalue weighted by Crippen LogP contribution is 2.18. The molecule has 1 heterocycles. The van der Waals surface area contributed by atoms with Crippen LogP contribution in [0.1, 0.15) is 29.6 Å². The van der Waals surface area contributed by atoms with Crippen molar-refractivity contribution in [3.8, 4) is 0 Å². The van der Waals surface area contributed by atoms with Crippen molar-refractivity contribution in [1.82, 2.24) is 10.2 Å². The summed E-state index contributed by atoms with van der Waals surface area (Å²) in [6.45, 7) is 1.78. The molecule has 1 aliphatic rings. The first-order valence-electron chi connectivity index (χ1n) is 6.53. The molecule has 1 saturated heterocycles. The molecule has 1 unspecified atom stereocenters. The molecular formula is C14H18F2N2O. The van der Waals surface area contributed by atoms with Crippen LogP contribution in [0.3, 0.4) is 0 Å². The number of hydrogen-bond donors (Lipinski definition) is 1. The normalized spacial score (nSPS) is 19.8. The van der Waals surface area contributed by atoms with Crippen LogP contribution in [0.5, 0.6) is 0 Å². The van der Waals surface area contributed by atoms with Gasteiger partial charge in [0.25, 0.3) is 5.91 Å². The number of carbonyl (C=O) groups excluding carboxylic acids is 1.